The maximum Gasteiger partial charge on any atom is 0.119 e. The number of rotatable bonds is 5. The second-order valence-electron chi connectivity index (χ2n) is 7.20. The summed E-state index contributed by atoms with van der Waals surface area (Å²) in [6, 6.07) is 8.58. The predicted octanol–water partition coefficient (Wildman–Crippen LogP) is 5.55. The molecule has 0 N–H and O–H groups in total. The normalized spacial score (nSPS) is 23.5. The van der Waals surface area contributed by atoms with Gasteiger partial charge in [-0.15, -0.1) is 5.92 Å². The van der Waals surface area contributed by atoms with Crippen LogP contribution < -0.4 is 4.74 Å². The Morgan fingerprint density at radius 1 is 1.23 bits per heavy atom. The molecule has 0 saturated heterocycles. The average molecular weight is 296 g/mol. The second kappa shape index (κ2) is 6.78. The first kappa shape index (κ1) is 15.5. The molecule has 0 bridgehead atoms. The maximum atomic E-state index is 6.04. The van der Waals surface area contributed by atoms with Crippen molar-refractivity contribution in [1.29, 1.82) is 0 Å². The summed E-state index contributed by atoms with van der Waals surface area (Å²) in [5, 5.41) is 0. The van der Waals surface area contributed by atoms with Crippen molar-refractivity contribution in [3.63, 3.8) is 0 Å². The van der Waals surface area contributed by atoms with Gasteiger partial charge in [-0.3, -0.25) is 0 Å². The van der Waals surface area contributed by atoms with E-state index < -0.39 is 0 Å². The smallest absolute Gasteiger partial charge is 0.119 e. The van der Waals surface area contributed by atoms with E-state index in [1.165, 1.54) is 44.1 Å². The van der Waals surface area contributed by atoms with E-state index >= 15 is 0 Å². The maximum absolute atomic E-state index is 6.04. The molecule has 2 atom stereocenters. The van der Waals surface area contributed by atoms with E-state index in [2.05, 4.69) is 43.0 Å². The largest absolute Gasteiger partial charge is 0.493 e. The van der Waals surface area contributed by atoms with E-state index in [0.29, 0.717) is 5.92 Å². The topological polar surface area (TPSA) is 9.23 Å². The summed E-state index contributed by atoms with van der Waals surface area (Å²) < 4.78 is 6.04. The summed E-state index contributed by atoms with van der Waals surface area (Å²) >= 11 is 0. The summed E-state index contributed by atoms with van der Waals surface area (Å²) in [5.41, 5.74) is 2.03. The minimum Gasteiger partial charge on any atom is -0.493 e. The third-order valence-electron chi connectivity index (χ3n) is 5.71. The van der Waals surface area contributed by atoms with Crippen molar-refractivity contribution in [1.82, 2.24) is 0 Å². The first-order valence-electron chi connectivity index (χ1n) is 8.90. The van der Waals surface area contributed by atoms with Crippen LogP contribution in [0.3, 0.4) is 0 Å². The van der Waals surface area contributed by atoms with Gasteiger partial charge in [0.1, 0.15) is 5.75 Å². The molecule has 2 saturated carbocycles. The first-order chi connectivity index (χ1) is 10.7. The van der Waals surface area contributed by atoms with Crippen LogP contribution in [-0.4, -0.2) is 6.61 Å². The van der Waals surface area contributed by atoms with Crippen LogP contribution in [0.2, 0.25) is 0 Å². The van der Waals surface area contributed by atoms with Gasteiger partial charge < -0.3 is 4.74 Å². The second-order valence-corrected chi connectivity index (χ2v) is 7.20. The molecule has 22 heavy (non-hydrogen) atoms. The molecule has 0 aliphatic heterocycles. The van der Waals surface area contributed by atoms with Crippen molar-refractivity contribution in [3.05, 3.63) is 29.8 Å². The zero-order chi connectivity index (χ0) is 15.4. The fourth-order valence-electron chi connectivity index (χ4n) is 4.21. The number of hydrogen-bond acceptors (Lipinski definition) is 1. The van der Waals surface area contributed by atoms with Crippen LogP contribution in [0.1, 0.15) is 70.3 Å². The third kappa shape index (κ3) is 3.32. The van der Waals surface area contributed by atoms with Gasteiger partial charge in [-0.05, 0) is 74.5 Å². The highest BCUT2D eigenvalue weighted by molar-refractivity contribution is 5.33. The molecule has 0 amide bonds. The quantitative estimate of drug-likeness (QED) is 0.647. The Hall–Kier alpha value is -1.42. The van der Waals surface area contributed by atoms with Crippen molar-refractivity contribution >= 4 is 0 Å². The fourth-order valence-corrected chi connectivity index (χ4v) is 4.21. The fraction of sp³-hybridized carbons (Fsp3) is 0.619. The minimum atomic E-state index is 0.354. The van der Waals surface area contributed by atoms with Crippen molar-refractivity contribution < 1.29 is 4.74 Å². The molecule has 2 aliphatic rings. The van der Waals surface area contributed by atoms with Gasteiger partial charge in [0.05, 0.1) is 6.61 Å². The van der Waals surface area contributed by atoms with Crippen LogP contribution in [0.5, 0.6) is 5.75 Å². The van der Waals surface area contributed by atoms with E-state index in [0.717, 1.165) is 30.1 Å². The lowest BCUT2D eigenvalue weighted by Gasteiger charge is -2.38. The van der Waals surface area contributed by atoms with Gasteiger partial charge in [0.2, 0.25) is 0 Å². The average Bonchev–Trinajstić information content (AvgIpc) is 2.96. The molecule has 1 spiro atoms. The van der Waals surface area contributed by atoms with Crippen molar-refractivity contribution in [2.24, 2.45) is 11.3 Å². The molecule has 3 rings (SSSR count). The van der Waals surface area contributed by atoms with E-state index in [9.17, 15) is 0 Å². The Kier molecular flexibility index (Phi) is 4.77. The molecule has 2 fully saturated rings. The van der Waals surface area contributed by atoms with Gasteiger partial charge in [-0.2, -0.15) is 0 Å². The van der Waals surface area contributed by atoms with Gasteiger partial charge in [0.15, 0.2) is 0 Å². The first-order valence-corrected chi connectivity index (χ1v) is 8.90. The molecule has 1 nitrogen and oxygen atoms in total. The lowest BCUT2D eigenvalue weighted by molar-refractivity contribution is 0.128. The summed E-state index contributed by atoms with van der Waals surface area (Å²) in [6.07, 6.45) is 9.65. The van der Waals surface area contributed by atoms with E-state index in [-0.39, 0.29) is 0 Å². The highest BCUT2D eigenvalue weighted by Gasteiger charge is 2.43. The van der Waals surface area contributed by atoms with Crippen LogP contribution in [-0.2, 0) is 0 Å². The van der Waals surface area contributed by atoms with Crippen molar-refractivity contribution in [2.45, 2.75) is 64.7 Å². The lowest BCUT2D eigenvalue weighted by atomic mass is 9.67. The predicted molar refractivity (Wildman–Crippen MR) is 92.0 cm³/mol. The molecule has 0 heterocycles. The Bertz CT molecular complexity index is 542. The van der Waals surface area contributed by atoms with Crippen LogP contribution in [0.4, 0.5) is 0 Å². The molecule has 1 aromatic rings. The lowest BCUT2D eigenvalue weighted by Crippen LogP contribution is -2.26. The minimum absolute atomic E-state index is 0.354. The van der Waals surface area contributed by atoms with Crippen molar-refractivity contribution in [2.75, 3.05) is 6.61 Å². The summed E-state index contributed by atoms with van der Waals surface area (Å²) in [6.45, 7) is 5.00. The summed E-state index contributed by atoms with van der Waals surface area (Å²) in [7, 11) is 0. The number of ether oxygens (including phenoxy) is 1. The van der Waals surface area contributed by atoms with Gasteiger partial charge in [-0.1, -0.05) is 31.4 Å². The Morgan fingerprint density at radius 3 is 2.55 bits per heavy atom. The van der Waals surface area contributed by atoms with Gasteiger partial charge in [0.25, 0.3) is 0 Å². The molecular weight excluding hydrogens is 268 g/mol. The highest BCUT2D eigenvalue weighted by Crippen LogP contribution is 2.55. The van der Waals surface area contributed by atoms with Gasteiger partial charge in [0, 0.05) is 5.92 Å². The van der Waals surface area contributed by atoms with E-state index in [1.54, 1.807) is 0 Å². The van der Waals surface area contributed by atoms with Gasteiger partial charge >= 0.3 is 0 Å². The van der Waals surface area contributed by atoms with E-state index in [1.807, 2.05) is 6.92 Å². The Morgan fingerprint density at radius 2 is 2.00 bits per heavy atom. The number of hydrogen-bond donors (Lipinski definition) is 0. The zero-order valence-electron chi connectivity index (χ0n) is 14.0. The summed E-state index contributed by atoms with van der Waals surface area (Å²) in [4.78, 5) is 0. The molecule has 2 aliphatic carbocycles. The highest BCUT2D eigenvalue weighted by atomic mass is 16.5. The molecule has 1 aromatic carbocycles. The summed E-state index contributed by atoms with van der Waals surface area (Å²) in [5.74, 6) is 8.45. The Balaban J connectivity index is 1.51. The zero-order valence-corrected chi connectivity index (χ0v) is 14.0. The third-order valence-corrected chi connectivity index (χ3v) is 5.71. The van der Waals surface area contributed by atoms with Crippen LogP contribution in [0, 0.1) is 23.2 Å². The molecule has 1 heteroatoms. The van der Waals surface area contributed by atoms with Gasteiger partial charge in [-0.25, -0.2) is 0 Å². The number of benzene rings is 1. The molecule has 1 unspecified atom stereocenters. The van der Waals surface area contributed by atoms with Crippen LogP contribution in [0.25, 0.3) is 0 Å². The van der Waals surface area contributed by atoms with Crippen LogP contribution in [0.15, 0.2) is 24.3 Å². The molecule has 0 radical (unpaired) electrons. The van der Waals surface area contributed by atoms with Crippen molar-refractivity contribution in [3.8, 4) is 17.6 Å². The molecular formula is C21H28O. The molecule has 0 aromatic heterocycles. The Labute approximate surface area is 135 Å². The SMILES string of the molecule is CC#C[C@@H](CC)c1ccc(OCC2CCC3(CCC3)C2)cc1. The standard InChI is InChI=1S/C21H28O/c1-3-6-18(4-2)19-7-9-20(10-8-19)22-16-17-11-14-21(15-17)12-5-13-21/h7-10,17-18H,4-5,11-16H2,1-2H3/t17?,18-/m1/s1. The van der Waals surface area contributed by atoms with E-state index in [4.69, 9.17) is 4.74 Å². The van der Waals surface area contributed by atoms with Crippen LogP contribution >= 0.6 is 0 Å². The molecule has 118 valence electrons. The monoisotopic (exact) mass is 296 g/mol.